The number of pyridine rings is 1. The molecule has 1 saturated carbocycles. The van der Waals surface area contributed by atoms with Gasteiger partial charge in [0.25, 0.3) is 5.56 Å². The molecule has 1 aliphatic rings. The first kappa shape index (κ1) is 15.3. The van der Waals surface area contributed by atoms with E-state index in [0.29, 0.717) is 5.56 Å². The first-order valence-electron chi connectivity index (χ1n) is 7.89. The zero-order valence-electron chi connectivity index (χ0n) is 12.8. The fourth-order valence-corrected chi connectivity index (χ4v) is 3.23. The van der Waals surface area contributed by atoms with E-state index >= 15 is 0 Å². The molecular formula is C19H19NO3. The summed E-state index contributed by atoms with van der Waals surface area (Å²) < 4.78 is 1.85. The second kappa shape index (κ2) is 6.65. The Morgan fingerprint density at radius 1 is 1.09 bits per heavy atom. The Balaban J connectivity index is 2.15. The molecule has 0 aliphatic heterocycles. The molecule has 0 bridgehead atoms. The van der Waals surface area contributed by atoms with E-state index in [1.807, 2.05) is 41.0 Å². The molecule has 0 amide bonds. The van der Waals surface area contributed by atoms with Gasteiger partial charge in [0, 0.05) is 17.7 Å². The van der Waals surface area contributed by atoms with Crippen molar-refractivity contribution in [3.63, 3.8) is 0 Å². The quantitative estimate of drug-likeness (QED) is 0.875. The molecule has 1 heterocycles. The molecule has 0 unspecified atom stereocenters. The lowest BCUT2D eigenvalue weighted by atomic mass is 10.1. The predicted molar refractivity (Wildman–Crippen MR) is 90.3 cm³/mol. The Kier molecular flexibility index (Phi) is 4.42. The molecule has 3 rings (SSSR count). The van der Waals surface area contributed by atoms with Crippen molar-refractivity contribution in [1.82, 2.24) is 4.57 Å². The van der Waals surface area contributed by atoms with Gasteiger partial charge in [-0.05, 0) is 36.6 Å². The number of benzene rings is 1. The van der Waals surface area contributed by atoms with E-state index in [0.717, 1.165) is 43.0 Å². The normalized spacial score (nSPS) is 15.3. The molecule has 0 spiro atoms. The Morgan fingerprint density at radius 3 is 2.43 bits per heavy atom. The maximum atomic E-state index is 12.9. The fraction of sp³-hybridized carbons (Fsp3) is 0.263. The monoisotopic (exact) mass is 309 g/mol. The van der Waals surface area contributed by atoms with Crippen molar-refractivity contribution in [2.75, 3.05) is 0 Å². The Labute approximate surface area is 134 Å². The van der Waals surface area contributed by atoms with Crippen LogP contribution in [0.25, 0.3) is 17.3 Å². The second-order valence-corrected chi connectivity index (χ2v) is 5.82. The SMILES string of the molecule is O=C(O)/C=C/c1ccc(-c2ccccc2)n(C2CCCC2)c1=O. The minimum atomic E-state index is -1.05. The third-order valence-electron chi connectivity index (χ3n) is 4.31. The van der Waals surface area contributed by atoms with Crippen LogP contribution in [0.3, 0.4) is 0 Å². The van der Waals surface area contributed by atoms with E-state index in [9.17, 15) is 9.59 Å². The summed E-state index contributed by atoms with van der Waals surface area (Å²) in [6, 6.07) is 13.7. The molecule has 1 N–H and O–H groups in total. The minimum absolute atomic E-state index is 0.115. The summed E-state index contributed by atoms with van der Waals surface area (Å²) >= 11 is 0. The van der Waals surface area contributed by atoms with Crippen molar-refractivity contribution in [2.45, 2.75) is 31.7 Å². The van der Waals surface area contributed by atoms with Crippen molar-refractivity contribution in [1.29, 1.82) is 0 Å². The molecule has 1 aromatic heterocycles. The molecule has 1 fully saturated rings. The van der Waals surface area contributed by atoms with Crippen molar-refractivity contribution in [3.05, 3.63) is 64.5 Å². The summed E-state index contributed by atoms with van der Waals surface area (Å²) in [6.07, 6.45) is 6.63. The van der Waals surface area contributed by atoms with Gasteiger partial charge in [-0.3, -0.25) is 4.79 Å². The number of hydrogen-bond acceptors (Lipinski definition) is 2. The van der Waals surface area contributed by atoms with Crippen LogP contribution in [0, 0.1) is 0 Å². The number of aliphatic carboxylic acids is 1. The van der Waals surface area contributed by atoms with E-state index in [1.54, 1.807) is 6.07 Å². The topological polar surface area (TPSA) is 59.3 Å². The van der Waals surface area contributed by atoms with Crippen molar-refractivity contribution < 1.29 is 9.90 Å². The summed E-state index contributed by atoms with van der Waals surface area (Å²) in [5.41, 5.74) is 2.20. The van der Waals surface area contributed by atoms with Gasteiger partial charge in [0.1, 0.15) is 0 Å². The first-order valence-corrected chi connectivity index (χ1v) is 7.89. The van der Waals surface area contributed by atoms with Gasteiger partial charge in [0.05, 0.1) is 5.69 Å². The van der Waals surface area contributed by atoms with Crippen molar-refractivity contribution in [2.24, 2.45) is 0 Å². The number of carboxylic acid groups (broad SMARTS) is 1. The van der Waals surface area contributed by atoms with Gasteiger partial charge < -0.3 is 9.67 Å². The molecule has 0 radical (unpaired) electrons. The average Bonchev–Trinajstić information content (AvgIpc) is 3.08. The molecule has 23 heavy (non-hydrogen) atoms. The standard InChI is InChI=1S/C19H19NO3/c21-18(22)13-11-15-10-12-17(14-6-2-1-3-7-14)20(19(15)23)16-8-4-5-9-16/h1-3,6-7,10-13,16H,4-5,8-9H2,(H,21,22)/b13-11+. The maximum absolute atomic E-state index is 12.9. The lowest BCUT2D eigenvalue weighted by Gasteiger charge is -2.20. The highest BCUT2D eigenvalue weighted by Crippen LogP contribution is 2.32. The molecule has 118 valence electrons. The van der Waals surface area contributed by atoms with E-state index in [-0.39, 0.29) is 11.6 Å². The maximum Gasteiger partial charge on any atom is 0.328 e. The molecular weight excluding hydrogens is 290 g/mol. The largest absolute Gasteiger partial charge is 0.478 e. The molecule has 0 saturated heterocycles. The van der Waals surface area contributed by atoms with Crippen molar-refractivity contribution in [3.8, 4) is 11.3 Å². The highest BCUT2D eigenvalue weighted by atomic mass is 16.4. The smallest absolute Gasteiger partial charge is 0.328 e. The molecule has 0 atom stereocenters. The number of aromatic nitrogens is 1. The summed E-state index contributed by atoms with van der Waals surface area (Å²) in [5, 5.41) is 8.78. The van der Waals surface area contributed by atoms with Gasteiger partial charge >= 0.3 is 5.97 Å². The van der Waals surface area contributed by atoms with Crippen LogP contribution in [0.5, 0.6) is 0 Å². The summed E-state index contributed by atoms with van der Waals surface area (Å²) in [5.74, 6) is -1.05. The van der Waals surface area contributed by atoms with Crippen LogP contribution < -0.4 is 5.56 Å². The summed E-state index contributed by atoms with van der Waals surface area (Å²) in [4.78, 5) is 23.6. The Bertz CT molecular complexity index is 784. The van der Waals surface area contributed by atoms with Crippen molar-refractivity contribution >= 4 is 12.0 Å². The van der Waals surface area contributed by atoms with Gasteiger partial charge in [-0.2, -0.15) is 0 Å². The van der Waals surface area contributed by atoms with Crippen LogP contribution in [0.15, 0.2) is 53.3 Å². The zero-order chi connectivity index (χ0) is 16.2. The molecule has 1 aromatic carbocycles. The van der Waals surface area contributed by atoms with E-state index in [2.05, 4.69) is 0 Å². The Morgan fingerprint density at radius 2 is 1.78 bits per heavy atom. The van der Waals surface area contributed by atoms with Gasteiger partial charge in [-0.15, -0.1) is 0 Å². The van der Waals surface area contributed by atoms with Gasteiger partial charge in [-0.25, -0.2) is 4.79 Å². The average molecular weight is 309 g/mol. The van der Waals surface area contributed by atoms with Crippen LogP contribution in [0.1, 0.15) is 37.3 Å². The predicted octanol–water partition coefficient (Wildman–Crippen LogP) is 3.73. The summed E-state index contributed by atoms with van der Waals surface area (Å²) in [7, 11) is 0. The first-order chi connectivity index (χ1) is 11.2. The molecule has 1 aliphatic carbocycles. The molecule has 2 aromatic rings. The van der Waals surface area contributed by atoms with Crippen LogP contribution in [0.4, 0.5) is 0 Å². The highest BCUT2D eigenvalue weighted by Gasteiger charge is 2.21. The fourth-order valence-electron chi connectivity index (χ4n) is 3.23. The summed E-state index contributed by atoms with van der Waals surface area (Å²) in [6.45, 7) is 0. The second-order valence-electron chi connectivity index (χ2n) is 5.82. The van der Waals surface area contributed by atoms with Gasteiger partial charge in [0.2, 0.25) is 0 Å². The van der Waals surface area contributed by atoms with Crippen LogP contribution in [0.2, 0.25) is 0 Å². The lowest BCUT2D eigenvalue weighted by molar-refractivity contribution is -0.131. The van der Waals surface area contributed by atoms with Crippen LogP contribution >= 0.6 is 0 Å². The molecule has 4 nitrogen and oxygen atoms in total. The van der Waals surface area contributed by atoms with E-state index in [4.69, 9.17) is 5.11 Å². The lowest BCUT2D eigenvalue weighted by Crippen LogP contribution is -2.26. The molecule has 4 heteroatoms. The third-order valence-corrected chi connectivity index (χ3v) is 4.31. The minimum Gasteiger partial charge on any atom is -0.478 e. The number of nitrogens with zero attached hydrogens (tertiary/aromatic N) is 1. The number of rotatable bonds is 4. The third kappa shape index (κ3) is 3.26. The van der Waals surface area contributed by atoms with Crippen LogP contribution in [-0.2, 0) is 4.79 Å². The zero-order valence-corrected chi connectivity index (χ0v) is 12.8. The van der Waals surface area contributed by atoms with Gasteiger partial charge in [0.15, 0.2) is 0 Å². The number of carbonyl (C=O) groups is 1. The highest BCUT2D eigenvalue weighted by molar-refractivity contribution is 5.85. The van der Waals surface area contributed by atoms with E-state index in [1.165, 1.54) is 6.08 Å². The van der Waals surface area contributed by atoms with Gasteiger partial charge in [-0.1, -0.05) is 43.2 Å². The Hall–Kier alpha value is -2.62. The van der Waals surface area contributed by atoms with Crippen LogP contribution in [-0.4, -0.2) is 15.6 Å². The number of hydrogen-bond donors (Lipinski definition) is 1. The number of carboxylic acids is 1. The van der Waals surface area contributed by atoms with E-state index < -0.39 is 5.97 Å².